The molecule has 4 rings (SSSR count). The SMILES string of the molecule is Cc1ccc(F)cc1S(=O)(=O)N1CCC(c2nc(-c3cnccn3)n[nH]2)CC1. The molecule has 1 saturated heterocycles. The third kappa shape index (κ3) is 3.52. The number of sulfonamides is 1. The molecule has 0 unspecified atom stereocenters. The smallest absolute Gasteiger partial charge is 0.243 e. The summed E-state index contributed by atoms with van der Waals surface area (Å²) in [6.07, 6.45) is 5.94. The van der Waals surface area contributed by atoms with E-state index >= 15 is 0 Å². The third-order valence-corrected chi connectivity index (χ3v) is 6.94. The lowest BCUT2D eigenvalue weighted by Crippen LogP contribution is -2.38. The van der Waals surface area contributed by atoms with Crippen molar-refractivity contribution in [1.82, 2.24) is 29.5 Å². The summed E-state index contributed by atoms with van der Waals surface area (Å²) >= 11 is 0. The van der Waals surface area contributed by atoms with Crippen LogP contribution in [0.3, 0.4) is 0 Å². The highest BCUT2D eigenvalue weighted by molar-refractivity contribution is 7.89. The van der Waals surface area contributed by atoms with Crippen LogP contribution in [0.4, 0.5) is 4.39 Å². The van der Waals surface area contributed by atoms with Crippen LogP contribution in [-0.2, 0) is 10.0 Å². The second-order valence-electron chi connectivity index (χ2n) is 6.72. The van der Waals surface area contributed by atoms with Gasteiger partial charge in [-0.2, -0.15) is 9.40 Å². The van der Waals surface area contributed by atoms with Gasteiger partial charge in [-0.25, -0.2) is 22.8 Å². The summed E-state index contributed by atoms with van der Waals surface area (Å²) < 4.78 is 40.8. The first-order valence-electron chi connectivity index (χ1n) is 8.90. The first-order valence-corrected chi connectivity index (χ1v) is 10.3. The van der Waals surface area contributed by atoms with Gasteiger partial charge in [0, 0.05) is 31.4 Å². The van der Waals surface area contributed by atoms with Gasteiger partial charge < -0.3 is 0 Å². The average Bonchev–Trinajstić information content (AvgIpc) is 3.21. The van der Waals surface area contributed by atoms with Crippen molar-refractivity contribution < 1.29 is 12.8 Å². The Kier molecular flexibility index (Phi) is 4.90. The molecule has 1 aromatic carbocycles. The second kappa shape index (κ2) is 7.36. The standard InChI is InChI=1S/C18H19FN6O2S/c1-12-2-3-14(19)10-16(12)28(26,27)25-8-4-13(5-9-25)17-22-18(24-23-17)15-11-20-6-7-21-15/h2-3,6-7,10-11,13H,4-5,8-9H2,1H3,(H,22,23,24). The van der Waals surface area contributed by atoms with Crippen molar-refractivity contribution >= 4 is 10.0 Å². The lowest BCUT2D eigenvalue weighted by atomic mass is 9.97. The van der Waals surface area contributed by atoms with Crippen molar-refractivity contribution in [1.29, 1.82) is 0 Å². The van der Waals surface area contributed by atoms with E-state index in [9.17, 15) is 12.8 Å². The minimum absolute atomic E-state index is 0.0237. The van der Waals surface area contributed by atoms with Gasteiger partial charge in [0.05, 0.1) is 11.1 Å². The lowest BCUT2D eigenvalue weighted by molar-refractivity contribution is 0.313. The number of benzene rings is 1. The van der Waals surface area contributed by atoms with Crippen molar-refractivity contribution in [3.05, 3.63) is 54.0 Å². The normalized spacial score (nSPS) is 16.4. The largest absolute Gasteiger partial charge is 0.262 e. The molecule has 3 aromatic rings. The summed E-state index contributed by atoms with van der Waals surface area (Å²) in [4.78, 5) is 12.7. The molecule has 1 fully saturated rings. The Bertz CT molecular complexity index is 1080. The van der Waals surface area contributed by atoms with Crippen molar-refractivity contribution in [2.75, 3.05) is 13.1 Å². The van der Waals surface area contributed by atoms with E-state index in [0.717, 1.165) is 6.07 Å². The molecular formula is C18H19FN6O2S. The molecule has 146 valence electrons. The molecule has 1 aliphatic rings. The fourth-order valence-electron chi connectivity index (χ4n) is 3.35. The minimum atomic E-state index is -3.73. The molecule has 0 aliphatic carbocycles. The molecule has 10 heteroatoms. The molecule has 0 atom stereocenters. The zero-order valence-corrected chi connectivity index (χ0v) is 16.0. The van der Waals surface area contributed by atoms with Gasteiger partial charge in [-0.05, 0) is 37.5 Å². The molecule has 1 N–H and O–H groups in total. The molecule has 1 aliphatic heterocycles. The van der Waals surface area contributed by atoms with E-state index in [1.54, 1.807) is 25.5 Å². The molecule has 28 heavy (non-hydrogen) atoms. The van der Waals surface area contributed by atoms with Crippen molar-refractivity contribution in [3.63, 3.8) is 0 Å². The van der Waals surface area contributed by atoms with Crippen LogP contribution < -0.4 is 0 Å². The number of rotatable bonds is 4. The zero-order valence-electron chi connectivity index (χ0n) is 15.2. The van der Waals surface area contributed by atoms with E-state index in [2.05, 4.69) is 25.1 Å². The van der Waals surface area contributed by atoms with Crippen LogP contribution in [0.1, 0.15) is 30.1 Å². The lowest BCUT2D eigenvalue weighted by Gasteiger charge is -2.30. The van der Waals surface area contributed by atoms with Crippen LogP contribution in [0.5, 0.6) is 0 Å². The highest BCUT2D eigenvalue weighted by Gasteiger charge is 2.32. The number of nitrogens with zero attached hydrogens (tertiary/aromatic N) is 5. The van der Waals surface area contributed by atoms with Crippen LogP contribution >= 0.6 is 0 Å². The predicted molar refractivity (Wildman–Crippen MR) is 99.3 cm³/mol. The van der Waals surface area contributed by atoms with Gasteiger partial charge >= 0.3 is 0 Å². The number of piperidine rings is 1. The molecular weight excluding hydrogens is 383 g/mol. The topological polar surface area (TPSA) is 105 Å². The van der Waals surface area contributed by atoms with Crippen molar-refractivity contribution in [3.8, 4) is 11.5 Å². The summed E-state index contributed by atoms with van der Waals surface area (Å²) in [5.74, 6) is 0.684. The number of hydrogen-bond donors (Lipinski definition) is 1. The highest BCUT2D eigenvalue weighted by atomic mass is 32.2. The first-order chi connectivity index (χ1) is 13.4. The monoisotopic (exact) mass is 402 g/mol. The molecule has 0 bridgehead atoms. The number of nitrogens with one attached hydrogen (secondary N) is 1. The third-order valence-electron chi connectivity index (χ3n) is 4.90. The maximum absolute atomic E-state index is 13.6. The van der Waals surface area contributed by atoms with Crippen LogP contribution in [0.15, 0.2) is 41.7 Å². The molecule has 0 amide bonds. The van der Waals surface area contributed by atoms with E-state index in [0.29, 0.717) is 48.8 Å². The summed E-state index contributed by atoms with van der Waals surface area (Å²) in [7, 11) is -3.73. The molecule has 2 aromatic heterocycles. The molecule has 8 nitrogen and oxygen atoms in total. The summed E-state index contributed by atoms with van der Waals surface area (Å²) in [6, 6.07) is 3.83. The van der Waals surface area contributed by atoms with Crippen molar-refractivity contribution in [2.24, 2.45) is 0 Å². The Morgan fingerprint density at radius 2 is 2.00 bits per heavy atom. The fraction of sp³-hybridized carbons (Fsp3) is 0.333. The summed E-state index contributed by atoms with van der Waals surface area (Å²) in [5, 5.41) is 7.12. The van der Waals surface area contributed by atoms with Gasteiger partial charge in [0.25, 0.3) is 0 Å². The number of H-pyrrole nitrogens is 1. The Morgan fingerprint density at radius 1 is 1.21 bits per heavy atom. The fourth-order valence-corrected chi connectivity index (χ4v) is 5.05. The van der Waals surface area contributed by atoms with Crippen LogP contribution in [0.25, 0.3) is 11.5 Å². The van der Waals surface area contributed by atoms with Gasteiger partial charge in [0.1, 0.15) is 17.3 Å². The Balaban J connectivity index is 1.48. The molecule has 0 saturated carbocycles. The van der Waals surface area contributed by atoms with E-state index in [1.165, 1.54) is 16.4 Å². The van der Waals surface area contributed by atoms with Crippen molar-refractivity contribution in [2.45, 2.75) is 30.6 Å². The van der Waals surface area contributed by atoms with Gasteiger partial charge in [0.2, 0.25) is 15.8 Å². The minimum Gasteiger partial charge on any atom is -0.262 e. The van der Waals surface area contributed by atoms with E-state index in [-0.39, 0.29) is 10.8 Å². The predicted octanol–water partition coefficient (Wildman–Crippen LogP) is 2.28. The van der Waals surface area contributed by atoms with Gasteiger partial charge in [-0.3, -0.25) is 10.1 Å². The second-order valence-corrected chi connectivity index (χ2v) is 8.63. The van der Waals surface area contributed by atoms with Crippen LogP contribution in [0, 0.1) is 12.7 Å². The quantitative estimate of drug-likeness (QED) is 0.718. The molecule has 3 heterocycles. The number of aromatic amines is 1. The number of aromatic nitrogens is 5. The highest BCUT2D eigenvalue weighted by Crippen LogP contribution is 2.30. The zero-order chi connectivity index (χ0) is 19.7. The summed E-state index contributed by atoms with van der Waals surface area (Å²) in [6.45, 7) is 2.34. The Hall–Kier alpha value is -2.72. The maximum Gasteiger partial charge on any atom is 0.243 e. The van der Waals surface area contributed by atoms with Gasteiger partial charge in [-0.15, -0.1) is 0 Å². The van der Waals surface area contributed by atoms with Gasteiger partial charge in [0.15, 0.2) is 0 Å². The average molecular weight is 402 g/mol. The van der Waals surface area contributed by atoms with Gasteiger partial charge in [-0.1, -0.05) is 6.07 Å². The molecule has 0 radical (unpaired) electrons. The van der Waals surface area contributed by atoms with Crippen LogP contribution in [0.2, 0.25) is 0 Å². The maximum atomic E-state index is 13.6. The first kappa shape index (κ1) is 18.6. The Morgan fingerprint density at radius 3 is 2.71 bits per heavy atom. The number of aryl methyl sites for hydroxylation is 1. The van der Waals surface area contributed by atoms with E-state index in [1.807, 2.05) is 0 Å². The van der Waals surface area contributed by atoms with Crippen LogP contribution in [-0.4, -0.2) is 51.0 Å². The number of hydrogen-bond acceptors (Lipinski definition) is 6. The molecule has 0 spiro atoms. The summed E-state index contributed by atoms with van der Waals surface area (Å²) in [5.41, 5.74) is 1.11. The number of halogens is 1. The van der Waals surface area contributed by atoms with E-state index < -0.39 is 15.8 Å². The van der Waals surface area contributed by atoms with E-state index in [4.69, 9.17) is 0 Å². The Labute approximate surface area is 161 Å².